The number of likely N-dealkylation sites (tertiary alicyclic amines) is 1. The minimum Gasteiger partial charge on any atom is -0.482 e. The molecule has 6 heteroatoms. The minimum absolute atomic E-state index is 0.0529. The molecule has 0 bridgehead atoms. The van der Waals surface area contributed by atoms with Gasteiger partial charge in [0.2, 0.25) is 0 Å². The Morgan fingerprint density at radius 3 is 3.00 bits per heavy atom. The molecule has 2 aliphatic rings. The van der Waals surface area contributed by atoms with E-state index < -0.39 is 0 Å². The normalized spacial score (nSPS) is 25.9. The average Bonchev–Trinajstić information content (AvgIpc) is 2.69. The molecular formula is C14H18ClN3O2. The molecule has 2 N–H and O–H groups in total. The molecule has 1 aromatic rings. The highest BCUT2D eigenvalue weighted by Gasteiger charge is 2.27. The monoisotopic (exact) mass is 295 g/mol. The summed E-state index contributed by atoms with van der Waals surface area (Å²) in [7, 11) is 2.12. The van der Waals surface area contributed by atoms with Crippen molar-refractivity contribution in [3.63, 3.8) is 0 Å². The first-order chi connectivity index (χ1) is 9.52. The zero-order valence-electron chi connectivity index (χ0n) is 11.6. The molecule has 1 aromatic carbocycles. The van der Waals surface area contributed by atoms with E-state index in [0.29, 0.717) is 28.5 Å². The second-order valence-electron chi connectivity index (χ2n) is 5.53. The fraction of sp³-hybridized carbons (Fsp3) is 0.500. The summed E-state index contributed by atoms with van der Waals surface area (Å²) in [5.74, 6) is 0.511. The molecule has 0 spiro atoms. The molecule has 5 nitrogen and oxygen atoms in total. The van der Waals surface area contributed by atoms with Gasteiger partial charge in [-0.2, -0.15) is 0 Å². The van der Waals surface area contributed by atoms with Gasteiger partial charge in [-0.15, -0.1) is 0 Å². The molecule has 20 heavy (non-hydrogen) atoms. The van der Waals surface area contributed by atoms with E-state index in [0.717, 1.165) is 18.7 Å². The number of rotatable bonds is 2. The lowest BCUT2D eigenvalue weighted by Crippen LogP contribution is -2.26. The second kappa shape index (κ2) is 5.14. The van der Waals surface area contributed by atoms with Crippen molar-refractivity contribution in [2.24, 2.45) is 0 Å². The van der Waals surface area contributed by atoms with E-state index in [2.05, 4.69) is 29.5 Å². The maximum absolute atomic E-state index is 11.3. The van der Waals surface area contributed by atoms with Crippen molar-refractivity contribution in [1.29, 1.82) is 0 Å². The van der Waals surface area contributed by atoms with Gasteiger partial charge in [0.25, 0.3) is 5.91 Å². The molecule has 1 amide bonds. The Labute approximate surface area is 123 Å². The number of carbonyl (C=O) groups excluding carboxylic acids is 1. The Morgan fingerprint density at radius 1 is 1.50 bits per heavy atom. The van der Waals surface area contributed by atoms with Crippen LogP contribution in [0.5, 0.6) is 5.75 Å². The summed E-state index contributed by atoms with van der Waals surface area (Å²) in [6, 6.07) is 4.54. The number of hydrogen-bond acceptors (Lipinski definition) is 4. The van der Waals surface area contributed by atoms with E-state index in [1.165, 1.54) is 0 Å². The molecule has 0 aromatic heterocycles. The highest BCUT2D eigenvalue weighted by Crippen LogP contribution is 2.37. The number of amides is 1. The third-order valence-corrected chi connectivity index (χ3v) is 4.26. The Kier molecular flexibility index (Phi) is 3.48. The first-order valence-corrected chi connectivity index (χ1v) is 7.13. The lowest BCUT2D eigenvalue weighted by molar-refractivity contribution is -0.118. The van der Waals surface area contributed by atoms with Crippen LogP contribution in [0.3, 0.4) is 0 Å². The fourth-order valence-corrected chi connectivity index (χ4v) is 2.95. The maximum Gasteiger partial charge on any atom is 0.262 e. The average molecular weight is 296 g/mol. The maximum atomic E-state index is 11.3. The van der Waals surface area contributed by atoms with Crippen molar-refractivity contribution < 1.29 is 9.53 Å². The summed E-state index contributed by atoms with van der Waals surface area (Å²) in [4.78, 5) is 13.6. The van der Waals surface area contributed by atoms with Crippen LogP contribution in [0.2, 0.25) is 5.02 Å². The molecule has 0 aliphatic carbocycles. The SMILES string of the molecule is CC1CC(Nc2cc3c(cc2Cl)NC(=O)CO3)CN1C. The number of likely N-dealkylation sites (N-methyl/N-ethyl adjacent to an activating group) is 1. The summed E-state index contributed by atoms with van der Waals surface area (Å²) in [6.07, 6.45) is 1.08. The highest BCUT2D eigenvalue weighted by molar-refractivity contribution is 6.33. The van der Waals surface area contributed by atoms with Crippen LogP contribution in [0.4, 0.5) is 11.4 Å². The molecule has 1 saturated heterocycles. The molecule has 0 radical (unpaired) electrons. The molecule has 108 valence electrons. The topological polar surface area (TPSA) is 53.6 Å². The number of anilines is 2. The van der Waals surface area contributed by atoms with Crippen LogP contribution in [-0.2, 0) is 4.79 Å². The van der Waals surface area contributed by atoms with Crippen LogP contribution in [0, 0.1) is 0 Å². The van der Waals surface area contributed by atoms with Crippen molar-refractivity contribution in [3.8, 4) is 5.75 Å². The van der Waals surface area contributed by atoms with Gasteiger partial charge >= 0.3 is 0 Å². The van der Waals surface area contributed by atoms with E-state index in [1.807, 2.05) is 6.07 Å². The van der Waals surface area contributed by atoms with Crippen LogP contribution in [0.25, 0.3) is 0 Å². The van der Waals surface area contributed by atoms with Gasteiger partial charge < -0.3 is 20.3 Å². The van der Waals surface area contributed by atoms with E-state index in [9.17, 15) is 4.79 Å². The number of halogens is 1. The fourth-order valence-electron chi connectivity index (χ4n) is 2.73. The molecule has 2 heterocycles. The zero-order valence-corrected chi connectivity index (χ0v) is 12.3. The third kappa shape index (κ3) is 2.55. The van der Waals surface area contributed by atoms with Gasteiger partial charge in [0.1, 0.15) is 5.75 Å². The van der Waals surface area contributed by atoms with Gasteiger partial charge in [-0.1, -0.05) is 11.6 Å². The van der Waals surface area contributed by atoms with Crippen LogP contribution >= 0.6 is 11.6 Å². The summed E-state index contributed by atoms with van der Waals surface area (Å²) in [5.41, 5.74) is 1.49. The van der Waals surface area contributed by atoms with Gasteiger partial charge in [-0.25, -0.2) is 0 Å². The second-order valence-corrected chi connectivity index (χ2v) is 5.94. The number of hydrogen-bond donors (Lipinski definition) is 2. The van der Waals surface area contributed by atoms with Crippen LogP contribution in [0.15, 0.2) is 12.1 Å². The van der Waals surface area contributed by atoms with Crippen molar-refractivity contribution in [2.45, 2.75) is 25.4 Å². The number of benzene rings is 1. The molecule has 2 atom stereocenters. The summed E-state index contributed by atoms with van der Waals surface area (Å²) < 4.78 is 5.42. The first-order valence-electron chi connectivity index (χ1n) is 6.76. The summed E-state index contributed by atoms with van der Waals surface area (Å²) in [6.45, 7) is 3.26. The van der Waals surface area contributed by atoms with Crippen LogP contribution < -0.4 is 15.4 Å². The van der Waals surface area contributed by atoms with Gasteiger partial charge in [0.05, 0.1) is 16.4 Å². The van der Waals surface area contributed by atoms with Gasteiger partial charge in [-0.3, -0.25) is 4.79 Å². The highest BCUT2D eigenvalue weighted by atomic mass is 35.5. The molecule has 3 rings (SSSR count). The van der Waals surface area contributed by atoms with Gasteiger partial charge in [-0.05, 0) is 26.5 Å². The number of carbonyl (C=O) groups is 1. The molecule has 2 unspecified atom stereocenters. The summed E-state index contributed by atoms with van der Waals surface area (Å²) >= 11 is 6.28. The van der Waals surface area contributed by atoms with Gasteiger partial charge in [0.15, 0.2) is 6.61 Å². The van der Waals surface area contributed by atoms with Crippen molar-refractivity contribution >= 4 is 28.9 Å². The van der Waals surface area contributed by atoms with Crippen molar-refractivity contribution in [3.05, 3.63) is 17.2 Å². The Morgan fingerprint density at radius 2 is 2.30 bits per heavy atom. The molecule has 2 aliphatic heterocycles. The first kappa shape index (κ1) is 13.5. The number of nitrogens with one attached hydrogen (secondary N) is 2. The number of ether oxygens (including phenoxy) is 1. The quantitative estimate of drug-likeness (QED) is 0.878. The largest absolute Gasteiger partial charge is 0.482 e. The lowest BCUT2D eigenvalue weighted by atomic mass is 10.1. The van der Waals surface area contributed by atoms with E-state index >= 15 is 0 Å². The van der Waals surface area contributed by atoms with E-state index in [1.54, 1.807) is 6.07 Å². The minimum atomic E-state index is -0.152. The van der Waals surface area contributed by atoms with Crippen molar-refractivity contribution in [1.82, 2.24) is 4.90 Å². The molecule has 1 fully saturated rings. The van der Waals surface area contributed by atoms with Crippen LogP contribution in [0.1, 0.15) is 13.3 Å². The third-order valence-electron chi connectivity index (χ3n) is 3.95. The number of fused-ring (bicyclic) bond motifs is 1. The Balaban J connectivity index is 1.79. The Bertz CT molecular complexity index is 539. The van der Waals surface area contributed by atoms with Crippen LogP contribution in [-0.4, -0.2) is 43.1 Å². The predicted octanol–water partition coefficient (Wildman–Crippen LogP) is 2.18. The zero-order chi connectivity index (χ0) is 14.3. The summed E-state index contributed by atoms with van der Waals surface area (Å²) in [5, 5.41) is 6.81. The van der Waals surface area contributed by atoms with Crippen molar-refractivity contribution in [2.75, 3.05) is 30.8 Å². The standard InChI is InChI=1S/C14H18ClN3O2/c1-8-3-9(6-18(8)2)16-11-5-13-12(4-10(11)15)17-14(19)7-20-13/h4-5,8-9,16H,3,6-7H2,1-2H3,(H,17,19). The van der Waals surface area contributed by atoms with E-state index in [-0.39, 0.29) is 12.5 Å². The predicted molar refractivity (Wildman–Crippen MR) is 79.7 cm³/mol. The van der Waals surface area contributed by atoms with Gasteiger partial charge in [0, 0.05) is 24.7 Å². The Hall–Kier alpha value is -1.46. The molecular weight excluding hydrogens is 278 g/mol. The van der Waals surface area contributed by atoms with E-state index in [4.69, 9.17) is 16.3 Å². The lowest BCUT2D eigenvalue weighted by Gasteiger charge is -2.21. The number of nitrogens with zero attached hydrogens (tertiary/aromatic N) is 1. The smallest absolute Gasteiger partial charge is 0.262 e. The molecule has 0 saturated carbocycles.